The smallest absolute Gasteiger partial charge is 0.353 e. The monoisotopic (exact) mass is 270 g/mol. The van der Waals surface area contributed by atoms with Crippen molar-refractivity contribution in [2.75, 3.05) is 6.61 Å². The summed E-state index contributed by atoms with van der Waals surface area (Å²) in [5.74, 6) is 0.123. The van der Waals surface area contributed by atoms with E-state index in [1.54, 1.807) is 7.05 Å². The van der Waals surface area contributed by atoms with E-state index < -0.39 is 10.5 Å². The SMILES string of the molecule is CCC(C)(N)COc1c([N+](=O)[O-])c(C(C)C)nn1C. The van der Waals surface area contributed by atoms with Crippen molar-refractivity contribution >= 4 is 5.69 Å². The second kappa shape index (κ2) is 5.56. The first kappa shape index (κ1) is 15.4. The van der Waals surface area contributed by atoms with Gasteiger partial charge in [0.1, 0.15) is 12.3 Å². The van der Waals surface area contributed by atoms with Gasteiger partial charge in [-0.15, -0.1) is 0 Å². The van der Waals surface area contributed by atoms with Crippen LogP contribution in [0.3, 0.4) is 0 Å². The quantitative estimate of drug-likeness (QED) is 0.629. The van der Waals surface area contributed by atoms with E-state index in [2.05, 4.69) is 5.10 Å². The van der Waals surface area contributed by atoms with Crippen LogP contribution in [0.4, 0.5) is 5.69 Å². The zero-order chi connectivity index (χ0) is 14.8. The molecule has 1 aromatic heterocycles. The molecule has 1 heterocycles. The second-order valence-electron chi connectivity index (χ2n) is 5.37. The fourth-order valence-electron chi connectivity index (χ4n) is 1.57. The molecule has 1 unspecified atom stereocenters. The van der Waals surface area contributed by atoms with Gasteiger partial charge in [-0.05, 0) is 13.3 Å². The molecule has 0 aliphatic rings. The standard InChI is InChI=1S/C12H22N4O3/c1-6-12(4,13)7-19-11-10(16(17)18)9(8(2)3)14-15(11)5/h8H,6-7,13H2,1-5H3. The first-order valence-corrected chi connectivity index (χ1v) is 6.32. The highest BCUT2D eigenvalue weighted by atomic mass is 16.6. The van der Waals surface area contributed by atoms with Gasteiger partial charge in [-0.1, -0.05) is 20.8 Å². The maximum atomic E-state index is 11.2. The van der Waals surface area contributed by atoms with Crippen molar-refractivity contribution in [2.45, 2.75) is 45.6 Å². The second-order valence-corrected chi connectivity index (χ2v) is 5.37. The van der Waals surface area contributed by atoms with E-state index in [1.165, 1.54) is 4.68 Å². The number of nitrogens with zero attached hydrogens (tertiary/aromatic N) is 3. The van der Waals surface area contributed by atoms with Crippen molar-refractivity contribution in [3.8, 4) is 5.88 Å². The predicted octanol–water partition coefficient (Wildman–Crippen LogP) is 1.96. The normalized spacial score (nSPS) is 14.5. The molecule has 0 saturated carbocycles. The molecule has 1 rings (SSSR count). The molecule has 7 heteroatoms. The van der Waals surface area contributed by atoms with Crippen molar-refractivity contribution in [3.05, 3.63) is 15.8 Å². The number of nitro groups is 1. The molecule has 0 spiro atoms. The topological polar surface area (TPSA) is 96.2 Å². The van der Waals surface area contributed by atoms with Gasteiger partial charge >= 0.3 is 5.69 Å². The summed E-state index contributed by atoms with van der Waals surface area (Å²) in [6, 6.07) is 0. The Hall–Kier alpha value is -1.63. The Balaban J connectivity index is 3.10. The van der Waals surface area contributed by atoms with Crippen molar-refractivity contribution in [2.24, 2.45) is 12.8 Å². The Morgan fingerprint density at radius 2 is 2.16 bits per heavy atom. The summed E-state index contributed by atoms with van der Waals surface area (Å²) in [6.45, 7) is 7.72. The Kier molecular flexibility index (Phi) is 4.52. The lowest BCUT2D eigenvalue weighted by Crippen LogP contribution is -2.41. The van der Waals surface area contributed by atoms with Gasteiger partial charge in [0.2, 0.25) is 0 Å². The number of nitrogens with two attached hydrogens (primary N) is 1. The molecular weight excluding hydrogens is 248 g/mol. The molecule has 2 N–H and O–H groups in total. The van der Waals surface area contributed by atoms with E-state index >= 15 is 0 Å². The first-order valence-electron chi connectivity index (χ1n) is 6.32. The van der Waals surface area contributed by atoms with Crippen LogP contribution in [0.2, 0.25) is 0 Å². The number of rotatable bonds is 6. The van der Waals surface area contributed by atoms with Crippen LogP contribution in [0, 0.1) is 10.1 Å². The summed E-state index contributed by atoms with van der Waals surface area (Å²) in [4.78, 5) is 10.7. The van der Waals surface area contributed by atoms with Gasteiger partial charge in [0.25, 0.3) is 5.88 Å². The Labute approximate surface area is 112 Å². The maximum absolute atomic E-state index is 11.2. The van der Waals surface area contributed by atoms with Gasteiger partial charge < -0.3 is 10.5 Å². The van der Waals surface area contributed by atoms with Crippen LogP contribution in [0.5, 0.6) is 5.88 Å². The summed E-state index contributed by atoms with van der Waals surface area (Å²) in [5.41, 5.74) is 5.83. The summed E-state index contributed by atoms with van der Waals surface area (Å²) in [6.07, 6.45) is 0.718. The average Bonchev–Trinajstić information content (AvgIpc) is 2.64. The van der Waals surface area contributed by atoms with Gasteiger partial charge in [-0.3, -0.25) is 10.1 Å². The van der Waals surface area contributed by atoms with Crippen LogP contribution < -0.4 is 10.5 Å². The Morgan fingerprint density at radius 3 is 2.58 bits per heavy atom. The van der Waals surface area contributed by atoms with Gasteiger partial charge in [-0.2, -0.15) is 5.10 Å². The van der Waals surface area contributed by atoms with Crippen LogP contribution in [-0.2, 0) is 7.05 Å². The molecule has 0 fully saturated rings. The third-order valence-corrected chi connectivity index (χ3v) is 3.07. The van der Waals surface area contributed by atoms with Crippen LogP contribution in [0.25, 0.3) is 0 Å². The van der Waals surface area contributed by atoms with Crippen LogP contribution in [0.15, 0.2) is 0 Å². The van der Waals surface area contributed by atoms with Crippen molar-refractivity contribution < 1.29 is 9.66 Å². The molecule has 7 nitrogen and oxygen atoms in total. The molecular formula is C12H22N4O3. The lowest BCUT2D eigenvalue weighted by Gasteiger charge is -2.22. The van der Waals surface area contributed by atoms with E-state index in [9.17, 15) is 10.1 Å². The molecule has 108 valence electrons. The van der Waals surface area contributed by atoms with E-state index in [-0.39, 0.29) is 24.1 Å². The summed E-state index contributed by atoms with van der Waals surface area (Å²) in [7, 11) is 1.63. The first-order chi connectivity index (χ1) is 8.69. The van der Waals surface area contributed by atoms with Crippen molar-refractivity contribution in [1.29, 1.82) is 0 Å². The molecule has 1 atom stereocenters. The largest absolute Gasteiger partial charge is 0.471 e. The minimum Gasteiger partial charge on any atom is -0.471 e. The minimum absolute atomic E-state index is 0.0422. The number of ether oxygens (including phenoxy) is 1. The number of hydrogen-bond acceptors (Lipinski definition) is 5. The van der Waals surface area contributed by atoms with Crippen LogP contribution in [0.1, 0.15) is 45.7 Å². The van der Waals surface area contributed by atoms with E-state index in [1.807, 2.05) is 27.7 Å². The Bertz CT molecular complexity index is 466. The molecule has 0 amide bonds. The fourth-order valence-corrected chi connectivity index (χ4v) is 1.57. The summed E-state index contributed by atoms with van der Waals surface area (Å²) < 4.78 is 6.95. The van der Waals surface area contributed by atoms with Gasteiger partial charge in [0, 0.05) is 18.5 Å². The van der Waals surface area contributed by atoms with E-state index in [0.29, 0.717) is 5.69 Å². The molecule has 0 aromatic carbocycles. The summed E-state index contributed by atoms with van der Waals surface area (Å²) >= 11 is 0. The van der Waals surface area contributed by atoms with Crippen molar-refractivity contribution in [3.63, 3.8) is 0 Å². The number of aryl methyl sites for hydroxylation is 1. The maximum Gasteiger partial charge on any atom is 0.353 e. The molecule has 0 bridgehead atoms. The van der Waals surface area contributed by atoms with E-state index in [4.69, 9.17) is 10.5 Å². The Morgan fingerprint density at radius 1 is 1.58 bits per heavy atom. The van der Waals surface area contributed by atoms with Gasteiger partial charge in [-0.25, -0.2) is 4.68 Å². The highest BCUT2D eigenvalue weighted by molar-refractivity contribution is 5.47. The number of aromatic nitrogens is 2. The molecule has 0 saturated heterocycles. The van der Waals surface area contributed by atoms with Gasteiger partial charge in [0.15, 0.2) is 0 Å². The average molecular weight is 270 g/mol. The van der Waals surface area contributed by atoms with Gasteiger partial charge in [0.05, 0.1) is 4.92 Å². The summed E-state index contributed by atoms with van der Waals surface area (Å²) in [5, 5.41) is 15.4. The molecule has 0 aliphatic carbocycles. The molecule has 1 aromatic rings. The lowest BCUT2D eigenvalue weighted by molar-refractivity contribution is -0.386. The fraction of sp³-hybridized carbons (Fsp3) is 0.750. The third kappa shape index (κ3) is 3.44. The predicted molar refractivity (Wildman–Crippen MR) is 72.3 cm³/mol. The minimum atomic E-state index is -0.518. The zero-order valence-electron chi connectivity index (χ0n) is 12.1. The van der Waals surface area contributed by atoms with Crippen LogP contribution in [-0.4, -0.2) is 26.8 Å². The van der Waals surface area contributed by atoms with Crippen LogP contribution >= 0.6 is 0 Å². The third-order valence-electron chi connectivity index (χ3n) is 3.07. The highest BCUT2D eigenvalue weighted by Gasteiger charge is 2.31. The number of hydrogen-bond donors (Lipinski definition) is 1. The molecule has 0 aliphatic heterocycles. The van der Waals surface area contributed by atoms with Crippen molar-refractivity contribution in [1.82, 2.24) is 9.78 Å². The lowest BCUT2D eigenvalue weighted by atomic mass is 10.0. The van der Waals surface area contributed by atoms with E-state index in [0.717, 1.165) is 6.42 Å². The molecule has 19 heavy (non-hydrogen) atoms. The highest BCUT2D eigenvalue weighted by Crippen LogP contribution is 2.34. The zero-order valence-corrected chi connectivity index (χ0v) is 12.1. The molecule has 0 radical (unpaired) electrons.